The number of rotatable bonds is 6. The van der Waals surface area contributed by atoms with Crippen molar-refractivity contribution in [2.75, 3.05) is 6.61 Å². The topological polar surface area (TPSA) is 80.0 Å². The van der Waals surface area contributed by atoms with E-state index in [-0.39, 0.29) is 18.2 Å². The Morgan fingerprint density at radius 2 is 1.88 bits per heavy atom. The summed E-state index contributed by atoms with van der Waals surface area (Å²) in [5.41, 5.74) is 2.64. The maximum atomic E-state index is 12.6. The third-order valence-electron chi connectivity index (χ3n) is 4.06. The average molecular weight is 371 g/mol. The Balaban J connectivity index is 1.74. The summed E-state index contributed by atoms with van der Waals surface area (Å²) in [5, 5.41) is 21.1. The highest BCUT2D eigenvalue weighted by Crippen LogP contribution is 2.16. The fourth-order valence-corrected chi connectivity index (χ4v) is 2.81. The van der Waals surface area contributed by atoms with Crippen molar-refractivity contribution >= 4 is 17.5 Å². The summed E-state index contributed by atoms with van der Waals surface area (Å²) in [6, 6.07) is 16.4. The van der Waals surface area contributed by atoms with Crippen LogP contribution >= 0.6 is 11.6 Å². The number of aliphatic hydroxyl groups excluding tert-OH is 1. The number of benzene rings is 2. The monoisotopic (exact) mass is 370 g/mol. The van der Waals surface area contributed by atoms with Gasteiger partial charge in [-0.15, -0.1) is 5.10 Å². The first-order valence-electron chi connectivity index (χ1n) is 8.22. The highest BCUT2D eigenvalue weighted by molar-refractivity contribution is 6.30. The van der Waals surface area contributed by atoms with Gasteiger partial charge in [0.15, 0.2) is 5.69 Å². The lowest BCUT2D eigenvalue weighted by Gasteiger charge is -2.15. The van der Waals surface area contributed by atoms with Gasteiger partial charge in [0.25, 0.3) is 5.91 Å². The minimum Gasteiger partial charge on any atom is -0.394 e. The van der Waals surface area contributed by atoms with Crippen LogP contribution in [-0.2, 0) is 6.42 Å². The van der Waals surface area contributed by atoms with Crippen LogP contribution in [0, 0.1) is 6.92 Å². The maximum absolute atomic E-state index is 12.6. The highest BCUT2D eigenvalue weighted by atomic mass is 35.5. The van der Waals surface area contributed by atoms with Crippen molar-refractivity contribution in [3.63, 3.8) is 0 Å². The zero-order chi connectivity index (χ0) is 18.5. The van der Waals surface area contributed by atoms with Crippen LogP contribution in [0.25, 0.3) is 5.69 Å². The molecule has 2 aromatic carbocycles. The van der Waals surface area contributed by atoms with E-state index in [1.165, 1.54) is 0 Å². The van der Waals surface area contributed by atoms with Crippen molar-refractivity contribution in [1.29, 1.82) is 0 Å². The van der Waals surface area contributed by atoms with Gasteiger partial charge in [-0.2, -0.15) is 0 Å². The normalized spacial score (nSPS) is 12.0. The SMILES string of the molecule is Cc1c(C(=O)N[C@H](CO)Cc2ccccc2)nnn1-c1ccc(Cl)cc1. The molecule has 0 saturated heterocycles. The van der Waals surface area contributed by atoms with Gasteiger partial charge in [-0.25, -0.2) is 4.68 Å². The molecule has 0 saturated carbocycles. The van der Waals surface area contributed by atoms with E-state index >= 15 is 0 Å². The molecule has 134 valence electrons. The number of aliphatic hydroxyl groups is 1. The minimum absolute atomic E-state index is 0.162. The third kappa shape index (κ3) is 4.09. The summed E-state index contributed by atoms with van der Waals surface area (Å²) in [6.07, 6.45) is 0.535. The zero-order valence-corrected chi connectivity index (χ0v) is 15.0. The number of carbonyl (C=O) groups excluding carboxylic acids is 1. The number of hydrogen-bond donors (Lipinski definition) is 2. The molecule has 0 spiro atoms. The summed E-state index contributed by atoms with van der Waals surface area (Å²) < 4.78 is 1.58. The molecule has 1 heterocycles. The average Bonchev–Trinajstić information content (AvgIpc) is 3.04. The summed E-state index contributed by atoms with van der Waals surface area (Å²) in [7, 11) is 0. The fraction of sp³-hybridized carbons (Fsp3) is 0.211. The summed E-state index contributed by atoms with van der Waals surface area (Å²) in [6.45, 7) is 1.61. The molecular weight excluding hydrogens is 352 g/mol. The first kappa shape index (κ1) is 18.1. The number of aromatic nitrogens is 3. The van der Waals surface area contributed by atoms with E-state index in [2.05, 4.69) is 15.6 Å². The Morgan fingerprint density at radius 3 is 2.54 bits per heavy atom. The summed E-state index contributed by atoms with van der Waals surface area (Å²) >= 11 is 5.90. The number of hydrogen-bond acceptors (Lipinski definition) is 4. The number of nitrogens with one attached hydrogen (secondary N) is 1. The smallest absolute Gasteiger partial charge is 0.274 e. The molecule has 1 atom stereocenters. The van der Waals surface area contributed by atoms with Crippen molar-refractivity contribution in [2.45, 2.75) is 19.4 Å². The Hall–Kier alpha value is -2.70. The number of nitrogens with zero attached hydrogens (tertiary/aromatic N) is 3. The Morgan fingerprint density at radius 1 is 1.19 bits per heavy atom. The Kier molecular flexibility index (Phi) is 5.65. The molecule has 0 fully saturated rings. The van der Waals surface area contributed by atoms with E-state index in [0.29, 0.717) is 17.1 Å². The molecule has 0 bridgehead atoms. The van der Waals surface area contributed by atoms with Gasteiger partial charge in [0.2, 0.25) is 0 Å². The predicted molar refractivity (Wildman–Crippen MR) is 99.6 cm³/mol. The van der Waals surface area contributed by atoms with Gasteiger partial charge < -0.3 is 10.4 Å². The van der Waals surface area contributed by atoms with Crippen LogP contribution in [0.1, 0.15) is 21.7 Å². The van der Waals surface area contributed by atoms with E-state index in [0.717, 1.165) is 11.3 Å². The Labute approximate surface area is 156 Å². The molecule has 0 aliphatic rings. The van der Waals surface area contributed by atoms with Gasteiger partial charge in [0.1, 0.15) is 0 Å². The number of amides is 1. The van der Waals surface area contributed by atoms with Crippen LogP contribution in [0.3, 0.4) is 0 Å². The lowest BCUT2D eigenvalue weighted by molar-refractivity contribution is 0.0910. The van der Waals surface area contributed by atoms with Crippen molar-refractivity contribution < 1.29 is 9.90 Å². The molecule has 0 radical (unpaired) electrons. The summed E-state index contributed by atoms with van der Waals surface area (Å²) in [5.74, 6) is -0.363. The molecule has 2 N–H and O–H groups in total. The molecule has 3 rings (SSSR count). The van der Waals surface area contributed by atoms with Crippen molar-refractivity contribution in [3.05, 3.63) is 76.6 Å². The van der Waals surface area contributed by atoms with Gasteiger partial charge in [-0.05, 0) is 43.2 Å². The molecule has 0 unspecified atom stereocenters. The van der Waals surface area contributed by atoms with Gasteiger partial charge in [-0.3, -0.25) is 4.79 Å². The van der Waals surface area contributed by atoms with Crippen LogP contribution < -0.4 is 5.32 Å². The van der Waals surface area contributed by atoms with E-state index in [4.69, 9.17) is 11.6 Å². The van der Waals surface area contributed by atoms with Crippen LogP contribution in [0.15, 0.2) is 54.6 Å². The van der Waals surface area contributed by atoms with Gasteiger partial charge in [-0.1, -0.05) is 47.1 Å². The molecule has 1 amide bonds. The lowest BCUT2D eigenvalue weighted by Crippen LogP contribution is -2.39. The molecule has 1 aromatic heterocycles. The fourth-order valence-electron chi connectivity index (χ4n) is 2.68. The van der Waals surface area contributed by atoms with Crippen molar-refractivity contribution in [2.24, 2.45) is 0 Å². The van der Waals surface area contributed by atoms with Crippen LogP contribution in [0.5, 0.6) is 0 Å². The minimum atomic E-state index is -0.398. The number of carbonyl (C=O) groups is 1. The highest BCUT2D eigenvalue weighted by Gasteiger charge is 2.20. The predicted octanol–water partition coefficient (Wildman–Crippen LogP) is 2.56. The largest absolute Gasteiger partial charge is 0.394 e. The van der Waals surface area contributed by atoms with Crippen molar-refractivity contribution in [3.8, 4) is 5.69 Å². The standard InChI is InChI=1S/C19H19ClN4O2/c1-13-18(22-23-24(13)17-9-7-15(20)8-10-17)19(26)21-16(12-25)11-14-5-3-2-4-6-14/h2-10,16,25H,11-12H2,1H3,(H,21,26)/t16-/m0/s1. The van der Waals surface area contributed by atoms with Crippen LogP contribution in [-0.4, -0.2) is 38.7 Å². The maximum Gasteiger partial charge on any atom is 0.274 e. The Bertz CT molecular complexity index is 878. The number of halogens is 1. The summed E-state index contributed by atoms with van der Waals surface area (Å²) in [4.78, 5) is 12.6. The molecule has 7 heteroatoms. The molecule has 0 aliphatic heterocycles. The molecule has 0 aliphatic carbocycles. The second kappa shape index (κ2) is 8.12. The van der Waals surface area contributed by atoms with Gasteiger partial charge in [0, 0.05) is 5.02 Å². The van der Waals surface area contributed by atoms with E-state index in [1.807, 2.05) is 30.3 Å². The first-order chi connectivity index (χ1) is 12.6. The van der Waals surface area contributed by atoms with E-state index < -0.39 is 6.04 Å². The third-order valence-corrected chi connectivity index (χ3v) is 4.31. The van der Waals surface area contributed by atoms with Gasteiger partial charge in [0.05, 0.1) is 24.0 Å². The zero-order valence-electron chi connectivity index (χ0n) is 14.3. The van der Waals surface area contributed by atoms with Crippen molar-refractivity contribution in [1.82, 2.24) is 20.3 Å². The molecule has 26 heavy (non-hydrogen) atoms. The quantitative estimate of drug-likeness (QED) is 0.698. The van der Waals surface area contributed by atoms with Crippen LogP contribution in [0.4, 0.5) is 0 Å². The van der Waals surface area contributed by atoms with Crippen LogP contribution in [0.2, 0.25) is 5.02 Å². The van der Waals surface area contributed by atoms with Gasteiger partial charge >= 0.3 is 0 Å². The molecule has 3 aromatic rings. The van der Waals surface area contributed by atoms with E-state index in [1.54, 1.807) is 35.9 Å². The lowest BCUT2D eigenvalue weighted by atomic mass is 10.1. The molecular formula is C19H19ClN4O2. The second-order valence-electron chi connectivity index (χ2n) is 5.95. The van der Waals surface area contributed by atoms with E-state index in [9.17, 15) is 9.90 Å². The first-order valence-corrected chi connectivity index (χ1v) is 8.60. The molecule has 6 nitrogen and oxygen atoms in total. The second-order valence-corrected chi connectivity index (χ2v) is 6.39.